The molecule has 0 aromatic carbocycles. The van der Waals surface area contributed by atoms with Gasteiger partial charge in [-0.1, -0.05) is 0 Å². The molecule has 0 spiro atoms. The molecule has 94 valence electrons. The van der Waals surface area contributed by atoms with Crippen LogP contribution in [0.3, 0.4) is 0 Å². The van der Waals surface area contributed by atoms with Gasteiger partial charge in [0, 0.05) is 29.3 Å². The maximum Gasteiger partial charge on any atom is 0.251 e. The number of hydrogen-bond acceptors (Lipinski definition) is 3. The fourth-order valence-electron chi connectivity index (χ4n) is 1.21. The first-order chi connectivity index (χ1) is 8.02. The van der Waals surface area contributed by atoms with Crippen molar-refractivity contribution in [1.82, 2.24) is 15.2 Å². The number of nitrogens with one attached hydrogen (secondary N) is 2. The zero-order valence-electron chi connectivity index (χ0n) is 9.87. The molecule has 1 rings (SSSR count). The van der Waals surface area contributed by atoms with Gasteiger partial charge < -0.3 is 15.2 Å². The van der Waals surface area contributed by atoms with Gasteiger partial charge in [0.1, 0.15) is 6.54 Å². The summed E-state index contributed by atoms with van der Waals surface area (Å²) < 4.78 is 2.14. The number of carbonyl (C=O) groups is 1. The average Bonchev–Trinajstić information content (AvgIpc) is 2.30. The van der Waals surface area contributed by atoms with Crippen LogP contribution in [0.4, 0.5) is 0 Å². The molecule has 1 unspecified atom stereocenters. The molecule has 17 heavy (non-hydrogen) atoms. The van der Waals surface area contributed by atoms with Crippen molar-refractivity contribution in [3.05, 3.63) is 33.2 Å². The molecule has 5 nitrogen and oxygen atoms in total. The average molecular weight is 302 g/mol. The molecule has 1 aromatic rings. The lowest BCUT2D eigenvalue weighted by molar-refractivity contribution is -0.121. The number of halogens is 1. The molecule has 0 radical (unpaired) electrons. The van der Waals surface area contributed by atoms with Crippen molar-refractivity contribution in [2.45, 2.75) is 19.5 Å². The quantitative estimate of drug-likeness (QED) is 0.824. The summed E-state index contributed by atoms with van der Waals surface area (Å²) in [6.45, 7) is 2.54. The Morgan fingerprint density at radius 2 is 2.24 bits per heavy atom. The highest BCUT2D eigenvalue weighted by Gasteiger charge is 2.06. The van der Waals surface area contributed by atoms with E-state index in [-0.39, 0.29) is 24.1 Å². The topological polar surface area (TPSA) is 63.1 Å². The highest BCUT2D eigenvalue weighted by molar-refractivity contribution is 9.10. The van der Waals surface area contributed by atoms with Crippen molar-refractivity contribution in [3.8, 4) is 0 Å². The van der Waals surface area contributed by atoms with Crippen molar-refractivity contribution < 1.29 is 4.79 Å². The van der Waals surface area contributed by atoms with Crippen LogP contribution in [-0.4, -0.2) is 30.1 Å². The summed E-state index contributed by atoms with van der Waals surface area (Å²) in [4.78, 5) is 23.0. The van der Waals surface area contributed by atoms with E-state index in [0.717, 1.165) is 4.47 Å². The summed E-state index contributed by atoms with van der Waals surface area (Å²) >= 11 is 3.26. The van der Waals surface area contributed by atoms with Crippen LogP contribution in [0.1, 0.15) is 6.92 Å². The highest BCUT2D eigenvalue weighted by atomic mass is 79.9. The molecule has 0 fully saturated rings. The van der Waals surface area contributed by atoms with E-state index < -0.39 is 0 Å². The third kappa shape index (κ3) is 4.70. The Bertz CT molecular complexity index is 445. The summed E-state index contributed by atoms with van der Waals surface area (Å²) in [5.41, 5.74) is -0.190. The van der Waals surface area contributed by atoms with Gasteiger partial charge in [0.2, 0.25) is 5.91 Å². The maximum atomic E-state index is 11.6. The van der Waals surface area contributed by atoms with Crippen molar-refractivity contribution >= 4 is 21.8 Å². The molecule has 0 bridgehead atoms. The fraction of sp³-hybridized carbons (Fsp3) is 0.455. The van der Waals surface area contributed by atoms with Crippen molar-refractivity contribution in [3.63, 3.8) is 0 Å². The van der Waals surface area contributed by atoms with E-state index in [1.165, 1.54) is 10.6 Å². The van der Waals surface area contributed by atoms with Crippen LogP contribution in [0.2, 0.25) is 0 Å². The Hall–Kier alpha value is -1.14. The smallest absolute Gasteiger partial charge is 0.251 e. The molecule has 1 atom stereocenters. The molecule has 1 aromatic heterocycles. The van der Waals surface area contributed by atoms with Gasteiger partial charge in [-0.3, -0.25) is 9.59 Å². The summed E-state index contributed by atoms with van der Waals surface area (Å²) in [5, 5.41) is 5.77. The zero-order chi connectivity index (χ0) is 12.8. The third-order valence-corrected chi connectivity index (χ3v) is 2.83. The van der Waals surface area contributed by atoms with Crippen molar-refractivity contribution in [2.24, 2.45) is 0 Å². The van der Waals surface area contributed by atoms with E-state index in [4.69, 9.17) is 0 Å². The number of amides is 1. The Morgan fingerprint density at radius 3 is 2.88 bits per heavy atom. The van der Waals surface area contributed by atoms with Crippen LogP contribution >= 0.6 is 15.9 Å². The van der Waals surface area contributed by atoms with Gasteiger partial charge in [0.05, 0.1) is 0 Å². The Kier molecular flexibility index (Phi) is 5.37. The van der Waals surface area contributed by atoms with Gasteiger partial charge in [-0.2, -0.15) is 0 Å². The second kappa shape index (κ2) is 6.56. The predicted molar refractivity (Wildman–Crippen MR) is 69.9 cm³/mol. The largest absolute Gasteiger partial charge is 0.353 e. The highest BCUT2D eigenvalue weighted by Crippen LogP contribution is 2.04. The number of likely N-dealkylation sites (N-methyl/N-ethyl adjacent to an activating group) is 1. The molecule has 0 aliphatic rings. The van der Waals surface area contributed by atoms with Gasteiger partial charge >= 0.3 is 0 Å². The monoisotopic (exact) mass is 301 g/mol. The van der Waals surface area contributed by atoms with Gasteiger partial charge in [0.25, 0.3) is 5.56 Å². The molecule has 0 aliphatic carbocycles. The van der Waals surface area contributed by atoms with E-state index in [2.05, 4.69) is 26.6 Å². The Balaban J connectivity index is 2.56. The normalized spacial score (nSPS) is 12.2. The molecular formula is C11H16BrN3O2. The van der Waals surface area contributed by atoms with Gasteiger partial charge in [-0.15, -0.1) is 0 Å². The van der Waals surface area contributed by atoms with E-state index in [0.29, 0.717) is 6.54 Å². The first kappa shape index (κ1) is 13.9. The summed E-state index contributed by atoms with van der Waals surface area (Å²) in [7, 11) is 1.83. The minimum Gasteiger partial charge on any atom is -0.353 e. The molecule has 1 heterocycles. The van der Waals surface area contributed by atoms with Crippen molar-refractivity contribution in [2.75, 3.05) is 13.6 Å². The molecular weight excluding hydrogens is 286 g/mol. The summed E-state index contributed by atoms with van der Waals surface area (Å²) in [6, 6.07) is 3.28. The molecule has 6 heteroatoms. The number of rotatable bonds is 5. The van der Waals surface area contributed by atoms with E-state index in [1.54, 1.807) is 12.3 Å². The minimum absolute atomic E-state index is 0.0364. The molecule has 1 amide bonds. The third-order valence-electron chi connectivity index (χ3n) is 2.36. The maximum absolute atomic E-state index is 11.6. The first-order valence-corrected chi connectivity index (χ1v) is 6.12. The lowest BCUT2D eigenvalue weighted by atomic mass is 10.3. The van der Waals surface area contributed by atoms with Crippen LogP contribution in [0, 0.1) is 0 Å². The lowest BCUT2D eigenvalue weighted by Crippen LogP contribution is -2.39. The van der Waals surface area contributed by atoms with Crippen LogP contribution < -0.4 is 16.2 Å². The fourth-order valence-corrected chi connectivity index (χ4v) is 1.58. The Labute approximate surface area is 108 Å². The number of aromatic nitrogens is 1. The summed E-state index contributed by atoms with van der Waals surface area (Å²) in [5.74, 6) is -0.174. The van der Waals surface area contributed by atoms with Crippen LogP contribution in [0.5, 0.6) is 0 Å². The number of hydrogen-bond donors (Lipinski definition) is 2. The second-order valence-corrected chi connectivity index (χ2v) is 4.72. The van der Waals surface area contributed by atoms with Crippen LogP contribution in [0.15, 0.2) is 27.6 Å². The first-order valence-electron chi connectivity index (χ1n) is 5.33. The second-order valence-electron chi connectivity index (χ2n) is 3.81. The van der Waals surface area contributed by atoms with E-state index in [9.17, 15) is 9.59 Å². The van der Waals surface area contributed by atoms with E-state index in [1.807, 2.05) is 14.0 Å². The van der Waals surface area contributed by atoms with Gasteiger partial charge in [0.15, 0.2) is 0 Å². The molecule has 0 saturated heterocycles. The molecule has 0 aliphatic heterocycles. The predicted octanol–water partition coefficient (Wildman–Crippen LogP) is 0.335. The summed E-state index contributed by atoms with van der Waals surface area (Å²) in [6.07, 6.45) is 1.60. The number of pyridine rings is 1. The standard InChI is InChI=1S/C11H16BrN3O2/c1-8(13-2)5-14-10(16)7-15-6-9(12)3-4-11(15)17/h3-4,6,8,13H,5,7H2,1-2H3,(H,14,16). The van der Waals surface area contributed by atoms with Crippen LogP contribution in [0.25, 0.3) is 0 Å². The SMILES string of the molecule is CNC(C)CNC(=O)Cn1cc(Br)ccc1=O. The van der Waals surface area contributed by atoms with Crippen molar-refractivity contribution in [1.29, 1.82) is 0 Å². The molecule has 0 saturated carbocycles. The zero-order valence-corrected chi connectivity index (χ0v) is 11.5. The van der Waals surface area contributed by atoms with E-state index >= 15 is 0 Å². The van der Waals surface area contributed by atoms with Gasteiger partial charge in [-0.25, -0.2) is 0 Å². The molecule has 2 N–H and O–H groups in total. The number of nitrogens with zero attached hydrogens (tertiary/aromatic N) is 1. The Morgan fingerprint density at radius 1 is 1.53 bits per heavy atom. The van der Waals surface area contributed by atoms with Gasteiger partial charge in [-0.05, 0) is 36.0 Å². The van der Waals surface area contributed by atoms with Crippen LogP contribution in [-0.2, 0) is 11.3 Å². The number of carbonyl (C=O) groups excluding carboxylic acids is 1. The minimum atomic E-state index is -0.190. The lowest BCUT2D eigenvalue weighted by Gasteiger charge is -2.12.